The van der Waals surface area contributed by atoms with Crippen LogP contribution in [0.2, 0.25) is 0 Å². The van der Waals surface area contributed by atoms with Gasteiger partial charge in [0.25, 0.3) is 5.91 Å². The van der Waals surface area contributed by atoms with Gasteiger partial charge in [-0.2, -0.15) is 13.2 Å². The number of halogens is 3. The summed E-state index contributed by atoms with van der Waals surface area (Å²) in [6.45, 7) is 6.42. The Morgan fingerprint density at radius 1 is 1.09 bits per heavy atom. The topological polar surface area (TPSA) is 53.0 Å². The molecular weight excluding hydrogens is 431 g/mol. The van der Waals surface area contributed by atoms with Crippen molar-refractivity contribution in [1.82, 2.24) is 9.80 Å². The van der Waals surface area contributed by atoms with Gasteiger partial charge in [0, 0.05) is 32.6 Å². The summed E-state index contributed by atoms with van der Waals surface area (Å²) in [7, 11) is 0. The van der Waals surface area contributed by atoms with Crippen molar-refractivity contribution in [1.29, 1.82) is 0 Å². The van der Waals surface area contributed by atoms with E-state index in [-0.39, 0.29) is 17.7 Å². The number of rotatable bonds is 4. The molecule has 0 atom stereocenters. The molecule has 33 heavy (non-hydrogen) atoms. The maximum Gasteiger partial charge on any atom is 0.416 e. The number of alkyl halides is 3. The number of hydrogen-bond donors (Lipinski definition) is 0. The minimum Gasteiger partial charge on any atom is -0.338 e. The number of piperidine rings is 1. The number of benzene rings is 1. The predicted molar refractivity (Wildman–Crippen MR) is 120 cm³/mol. The van der Waals surface area contributed by atoms with Crippen LogP contribution in [0.4, 0.5) is 13.2 Å². The van der Waals surface area contributed by atoms with Crippen molar-refractivity contribution >= 4 is 17.5 Å². The number of carbonyl (C=O) groups excluding carboxylic acids is 2. The van der Waals surface area contributed by atoms with E-state index >= 15 is 0 Å². The van der Waals surface area contributed by atoms with Gasteiger partial charge in [0.1, 0.15) is 5.71 Å². The van der Waals surface area contributed by atoms with Crippen molar-refractivity contribution in [2.24, 2.45) is 10.9 Å². The molecule has 1 fully saturated rings. The first-order chi connectivity index (χ1) is 15.6. The van der Waals surface area contributed by atoms with E-state index in [2.05, 4.69) is 4.99 Å². The molecule has 8 heteroatoms. The first-order valence-electron chi connectivity index (χ1n) is 11.6. The molecule has 1 aromatic carbocycles. The zero-order valence-corrected chi connectivity index (χ0v) is 19.1. The fourth-order valence-electron chi connectivity index (χ4n) is 5.07. The molecular formula is C25H30F3N3O2. The maximum atomic E-state index is 13.4. The highest BCUT2D eigenvalue weighted by molar-refractivity contribution is 6.46. The molecule has 1 aromatic rings. The average Bonchev–Trinajstić information content (AvgIpc) is 3.21. The molecule has 0 spiro atoms. The lowest BCUT2D eigenvalue weighted by atomic mass is 9.86. The molecule has 5 nitrogen and oxygen atoms in total. The number of amides is 2. The van der Waals surface area contributed by atoms with E-state index in [1.54, 1.807) is 17.0 Å². The number of nitrogens with zero attached hydrogens (tertiary/aromatic N) is 3. The zero-order valence-electron chi connectivity index (χ0n) is 19.1. The second-order valence-electron chi connectivity index (χ2n) is 9.56. The van der Waals surface area contributed by atoms with Gasteiger partial charge < -0.3 is 9.80 Å². The normalized spacial score (nSPS) is 19.8. The Balaban J connectivity index is 1.39. The lowest BCUT2D eigenvalue weighted by molar-refractivity contribution is -0.138. The van der Waals surface area contributed by atoms with Gasteiger partial charge in [-0.05, 0) is 53.9 Å². The van der Waals surface area contributed by atoms with Crippen molar-refractivity contribution in [2.45, 2.75) is 51.6 Å². The van der Waals surface area contributed by atoms with E-state index in [0.717, 1.165) is 17.2 Å². The Kier molecular flexibility index (Phi) is 6.64. The highest BCUT2D eigenvalue weighted by Crippen LogP contribution is 2.39. The lowest BCUT2D eigenvalue weighted by Crippen LogP contribution is -2.43. The van der Waals surface area contributed by atoms with Crippen LogP contribution in [0.1, 0.15) is 56.6 Å². The Morgan fingerprint density at radius 2 is 1.79 bits per heavy atom. The van der Waals surface area contributed by atoms with Crippen LogP contribution in [-0.4, -0.2) is 60.0 Å². The Morgan fingerprint density at radius 3 is 2.45 bits per heavy atom. The van der Waals surface area contributed by atoms with Gasteiger partial charge in [-0.25, -0.2) is 0 Å². The van der Waals surface area contributed by atoms with E-state index in [0.29, 0.717) is 75.6 Å². The second-order valence-corrected chi connectivity index (χ2v) is 9.56. The molecule has 2 amide bonds. The zero-order chi connectivity index (χ0) is 23.8. The summed E-state index contributed by atoms with van der Waals surface area (Å²) in [6.07, 6.45) is -2.25. The smallest absolute Gasteiger partial charge is 0.338 e. The van der Waals surface area contributed by atoms with Crippen LogP contribution < -0.4 is 0 Å². The molecule has 0 N–H and O–H groups in total. The van der Waals surface area contributed by atoms with Crippen LogP contribution in [0.3, 0.4) is 0 Å². The largest absolute Gasteiger partial charge is 0.416 e. The summed E-state index contributed by atoms with van der Waals surface area (Å²) in [5, 5.41) is 0. The molecule has 0 aromatic heterocycles. The molecule has 0 saturated carbocycles. The summed E-state index contributed by atoms with van der Waals surface area (Å²) in [5.74, 6) is 0.0836. The molecule has 4 rings (SSSR count). The quantitative estimate of drug-likeness (QED) is 0.666. The molecule has 178 valence electrons. The molecule has 0 bridgehead atoms. The fourth-order valence-corrected chi connectivity index (χ4v) is 5.07. The van der Waals surface area contributed by atoms with Crippen LogP contribution in [0.15, 0.2) is 40.4 Å². The third-order valence-electron chi connectivity index (χ3n) is 6.78. The minimum absolute atomic E-state index is 0.135. The van der Waals surface area contributed by atoms with Gasteiger partial charge in [-0.3, -0.25) is 14.6 Å². The number of carbonyl (C=O) groups is 2. The monoisotopic (exact) mass is 461 g/mol. The van der Waals surface area contributed by atoms with E-state index < -0.39 is 11.7 Å². The fraction of sp³-hybridized carbons (Fsp3) is 0.560. The number of hydrogen-bond acceptors (Lipinski definition) is 3. The van der Waals surface area contributed by atoms with Crippen LogP contribution in [-0.2, 0) is 15.8 Å². The summed E-state index contributed by atoms with van der Waals surface area (Å²) in [6, 6.07) is 5.74. The predicted octanol–water partition coefficient (Wildman–Crippen LogP) is 4.44. The molecule has 3 aliphatic rings. The van der Waals surface area contributed by atoms with E-state index in [1.807, 2.05) is 18.7 Å². The van der Waals surface area contributed by atoms with E-state index in [9.17, 15) is 22.8 Å². The summed E-state index contributed by atoms with van der Waals surface area (Å²) in [5.41, 5.74) is 2.21. The molecule has 3 aliphatic heterocycles. The highest BCUT2D eigenvalue weighted by atomic mass is 19.4. The third-order valence-corrected chi connectivity index (χ3v) is 6.78. The maximum absolute atomic E-state index is 13.4. The van der Waals surface area contributed by atoms with Crippen LogP contribution in [0.25, 0.3) is 0 Å². The Hall–Kier alpha value is -2.64. The molecule has 1 saturated heterocycles. The third kappa shape index (κ3) is 4.99. The minimum atomic E-state index is -4.38. The molecule has 3 heterocycles. The second kappa shape index (κ2) is 9.31. The summed E-state index contributed by atoms with van der Waals surface area (Å²) >= 11 is 0. The van der Waals surface area contributed by atoms with Gasteiger partial charge in [-0.15, -0.1) is 0 Å². The van der Waals surface area contributed by atoms with Gasteiger partial charge in [0.2, 0.25) is 5.91 Å². The van der Waals surface area contributed by atoms with Crippen LogP contribution in [0, 0.1) is 5.92 Å². The van der Waals surface area contributed by atoms with Crippen molar-refractivity contribution < 1.29 is 22.8 Å². The van der Waals surface area contributed by atoms with E-state index in [4.69, 9.17) is 0 Å². The standard InChI is InChI=1S/C25H30F3N3O2/c1-16(2)13-22(32)31-12-9-20-18(15-31)14-29-23(20)24(33)30-10-7-17(8-11-30)19-5-3-4-6-21(19)25(26,27)28/h3-6,16-17H,7-15H2,1-2H3. The van der Waals surface area contributed by atoms with Gasteiger partial charge in [-0.1, -0.05) is 32.0 Å². The van der Waals surface area contributed by atoms with Crippen LogP contribution >= 0.6 is 0 Å². The van der Waals surface area contributed by atoms with Gasteiger partial charge in [0.05, 0.1) is 12.1 Å². The highest BCUT2D eigenvalue weighted by Gasteiger charge is 2.38. The van der Waals surface area contributed by atoms with Crippen molar-refractivity contribution in [2.75, 3.05) is 32.7 Å². The van der Waals surface area contributed by atoms with Crippen molar-refractivity contribution in [3.05, 3.63) is 46.5 Å². The number of aliphatic imine (C=N–C) groups is 1. The Labute approximate surface area is 192 Å². The van der Waals surface area contributed by atoms with Crippen molar-refractivity contribution in [3.63, 3.8) is 0 Å². The van der Waals surface area contributed by atoms with Crippen molar-refractivity contribution in [3.8, 4) is 0 Å². The van der Waals surface area contributed by atoms with Crippen LogP contribution in [0.5, 0.6) is 0 Å². The molecule has 0 aliphatic carbocycles. The average molecular weight is 462 g/mol. The first kappa shape index (κ1) is 23.5. The molecule has 0 unspecified atom stereocenters. The SMILES string of the molecule is CC(C)CC(=O)N1CCC2=C(CN=C2C(=O)N2CCC(c3ccccc3C(F)(F)F)CC2)C1. The Bertz CT molecular complexity index is 989. The lowest BCUT2D eigenvalue weighted by Gasteiger charge is -2.34. The van der Waals surface area contributed by atoms with E-state index in [1.165, 1.54) is 6.07 Å². The summed E-state index contributed by atoms with van der Waals surface area (Å²) in [4.78, 5) is 33.7. The van der Waals surface area contributed by atoms with Gasteiger partial charge >= 0.3 is 6.18 Å². The number of likely N-dealkylation sites (tertiary alicyclic amines) is 1. The first-order valence-corrected chi connectivity index (χ1v) is 11.6. The van der Waals surface area contributed by atoms with Gasteiger partial charge in [0.15, 0.2) is 0 Å². The molecule has 0 radical (unpaired) electrons. The summed E-state index contributed by atoms with van der Waals surface area (Å²) < 4.78 is 40.2.